The Morgan fingerprint density at radius 2 is 2.00 bits per heavy atom. The molecule has 0 aromatic heterocycles. The lowest BCUT2D eigenvalue weighted by Gasteiger charge is -1.99. The van der Waals surface area contributed by atoms with Crippen LogP contribution in [0.25, 0.3) is 0 Å². The van der Waals surface area contributed by atoms with Crippen LogP contribution in [0.2, 0.25) is 0 Å². The summed E-state index contributed by atoms with van der Waals surface area (Å²) in [5.41, 5.74) is 7.00. The van der Waals surface area contributed by atoms with Crippen LogP contribution in [-0.2, 0) is 0 Å². The van der Waals surface area contributed by atoms with Crippen LogP contribution in [0.1, 0.15) is 10.4 Å². The van der Waals surface area contributed by atoms with E-state index in [1.54, 1.807) is 6.07 Å². The van der Waals surface area contributed by atoms with Gasteiger partial charge in [0.2, 0.25) is 5.78 Å². The lowest BCUT2D eigenvalue weighted by molar-refractivity contribution is 0.0981. The zero-order chi connectivity index (χ0) is 7.84. The summed E-state index contributed by atoms with van der Waals surface area (Å²) in [5.74, 6) is -0.0272. The van der Waals surface area contributed by atoms with Gasteiger partial charge < -0.3 is 11.1 Å². The van der Waals surface area contributed by atoms with Gasteiger partial charge in [-0.1, -0.05) is 12.1 Å². The van der Waals surface area contributed by atoms with Crippen molar-refractivity contribution in [2.75, 3.05) is 5.32 Å². The molecule has 1 heterocycles. The molecule has 3 nitrogen and oxygen atoms in total. The number of hydrogen-bond acceptors (Lipinski definition) is 3. The number of fused-ring (bicyclic) bond motifs is 1. The molecular weight excluding hydrogens is 176 g/mol. The zero-order valence-electron chi connectivity index (χ0n) is 6.28. The third-order valence-electron chi connectivity index (χ3n) is 1.79. The first kappa shape index (κ1) is 9.03. The summed E-state index contributed by atoms with van der Waals surface area (Å²) in [7, 11) is 0. The van der Waals surface area contributed by atoms with Gasteiger partial charge in [-0.15, -0.1) is 12.4 Å². The number of benzene rings is 1. The van der Waals surface area contributed by atoms with E-state index in [0.717, 1.165) is 5.69 Å². The maximum absolute atomic E-state index is 11.2. The molecule has 0 radical (unpaired) electrons. The van der Waals surface area contributed by atoms with E-state index in [-0.39, 0.29) is 18.2 Å². The van der Waals surface area contributed by atoms with Crippen LogP contribution in [0, 0.1) is 0 Å². The van der Waals surface area contributed by atoms with E-state index in [0.29, 0.717) is 5.56 Å². The van der Waals surface area contributed by atoms with Crippen molar-refractivity contribution in [3.8, 4) is 0 Å². The number of anilines is 1. The number of Topliss-reactive ketones (excluding diaryl/α,β-unsaturated/α-hetero) is 1. The van der Waals surface area contributed by atoms with Crippen molar-refractivity contribution >= 4 is 23.9 Å². The number of rotatable bonds is 0. The molecule has 0 aliphatic carbocycles. The van der Waals surface area contributed by atoms with E-state index < -0.39 is 6.17 Å². The van der Waals surface area contributed by atoms with E-state index in [9.17, 15) is 4.79 Å². The van der Waals surface area contributed by atoms with E-state index in [1.807, 2.05) is 18.2 Å². The molecule has 0 amide bonds. The minimum Gasteiger partial charge on any atom is -0.363 e. The second-order valence-electron chi connectivity index (χ2n) is 2.53. The third kappa shape index (κ3) is 1.17. The maximum atomic E-state index is 11.2. The molecule has 0 saturated heterocycles. The normalized spacial score (nSPS) is 19.4. The molecule has 0 spiro atoms. The average Bonchev–Trinajstić information content (AvgIpc) is 2.30. The fraction of sp³-hybridized carbons (Fsp3) is 0.125. The number of carbonyl (C=O) groups excluding carboxylic acids is 1. The van der Waals surface area contributed by atoms with Crippen molar-refractivity contribution in [2.45, 2.75) is 6.17 Å². The van der Waals surface area contributed by atoms with Crippen molar-refractivity contribution in [1.82, 2.24) is 0 Å². The largest absolute Gasteiger partial charge is 0.363 e. The Hall–Kier alpha value is -1.06. The Morgan fingerprint density at radius 1 is 1.33 bits per heavy atom. The Bertz CT molecular complexity index is 314. The predicted molar refractivity (Wildman–Crippen MR) is 49.6 cm³/mol. The van der Waals surface area contributed by atoms with Gasteiger partial charge in [0.05, 0.1) is 0 Å². The molecule has 0 fully saturated rings. The molecule has 1 unspecified atom stereocenters. The number of ketones is 1. The van der Waals surface area contributed by atoms with Gasteiger partial charge in [0.1, 0.15) is 6.17 Å². The summed E-state index contributed by atoms with van der Waals surface area (Å²) in [4.78, 5) is 11.2. The highest BCUT2D eigenvalue weighted by Gasteiger charge is 2.25. The van der Waals surface area contributed by atoms with E-state index in [4.69, 9.17) is 5.73 Å². The second kappa shape index (κ2) is 3.13. The highest BCUT2D eigenvalue weighted by Crippen LogP contribution is 2.22. The standard InChI is InChI=1S/C8H8N2O.ClH/c9-8-7(11)5-3-1-2-4-6(5)10-8;/h1-4,8,10H,9H2;1H. The van der Waals surface area contributed by atoms with Crippen molar-refractivity contribution < 1.29 is 4.79 Å². The summed E-state index contributed by atoms with van der Waals surface area (Å²) >= 11 is 0. The number of nitrogens with two attached hydrogens (primary N) is 1. The molecule has 1 atom stereocenters. The highest BCUT2D eigenvalue weighted by molar-refractivity contribution is 6.09. The quantitative estimate of drug-likeness (QED) is 0.633. The predicted octanol–water partition coefficient (Wildman–Crippen LogP) is 1.00. The van der Waals surface area contributed by atoms with E-state index >= 15 is 0 Å². The monoisotopic (exact) mass is 184 g/mol. The molecule has 1 aliphatic heterocycles. The molecule has 1 aliphatic rings. The molecule has 0 saturated carbocycles. The van der Waals surface area contributed by atoms with Crippen molar-refractivity contribution in [1.29, 1.82) is 0 Å². The average molecular weight is 185 g/mol. The van der Waals surface area contributed by atoms with Gasteiger partial charge in [0.15, 0.2) is 0 Å². The number of nitrogens with one attached hydrogen (secondary N) is 1. The van der Waals surface area contributed by atoms with E-state index in [1.165, 1.54) is 0 Å². The molecule has 1 aromatic carbocycles. The van der Waals surface area contributed by atoms with Crippen LogP contribution in [0.3, 0.4) is 0 Å². The minimum atomic E-state index is -0.549. The van der Waals surface area contributed by atoms with Crippen molar-refractivity contribution in [2.24, 2.45) is 5.73 Å². The van der Waals surface area contributed by atoms with Gasteiger partial charge in [-0.05, 0) is 12.1 Å². The number of hydrogen-bond donors (Lipinski definition) is 2. The van der Waals surface area contributed by atoms with Crippen LogP contribution in [0.15, 0.2) is 24.3 Å². The summed E-state index contributed by atoms with van der Waals surface area (Å²) in [6.45, 7) is 0. The molecule has 64 valence electrons. The van der Waals surface area contributed by atoms with Gasteiger partial charge in [0.25, 0.3) is 0 Å². The zero-order valence-corrected chi connectivity index (χ0v) is 7.10. The summed E-state index contributed by atoms with van der Waals surface area (Å²) in [6.07, 6.45) is -0.549. The minimum absolute atomic E-state index is 0. The Morgan fingerprint density at radius 3 is 2.67 bits per heavy atom. The number of para-hydroxylation sites is 1. The Kier molecular flexibility index (Phi) is 2.35. The molecule has 2 rings (SSSR count). The summed E-state index contributed by atoms with van der Waals surface area (Å²) < 4.78 is 0. The van der Waals surface area contributed by atoms with Gasteiger partial charge >= 0.3 is 0 Å². The van der Waals surface area contributed by atoms with Crippen LogP contribution in [-0.4, -0.2) is 11.9 Å². The lowest BCUT2D eigenvalue weighted by Crippen LogP contribution is -2.31. The van der Waals surface area contributed by atoms with E-state index in [2.05, 4.69) is 5.32 Å². The fourth-order valence-electron chi connectivity index (χ4n) is 1.22. The number of carbonyl (C=O) groups is 1. The molecule has 4 heteroatoms. The SMILES string of the molecule is Cl.NC1Nc2ccccc2C1=O. The Balaban J connectivity index is 0.000000720. The lowest BCUT2D eigenvalue weighted by atomic mass is 10.1. The summed E-state index contributed by atoms with van der Waals surface area (Å²) in [6, 6.07) is 7.32. The smallest absolute Gasteiger partial charge is 0.201 e. The van der Waals surface area contributed by atoms with Crippen molar-refractivity contribution in [3.05, 3.63) is 29.8 Å². The maximum Gasteiger partial charge on any atom is 0.201 e. The highest BCUT2D eigenvalue weighted by atomic mass is 35.5. The molecular formula is C8H9ClN2O. The topological polar surface area (TPSA) is 55.1 Å². The number of halogens is 1. The molecule has 0 bridgehead atoms. The van der Waals surface area contributed by atoms with Crippen molar-refractivity contribution in [3.63, 3.8) is 0 Å². The van der Waals surface area contributed by atoms with Crippen LogP contribution in [0.4, 0.5) is 5.69 Å². The van der Waals surface area contributed by atoms with Crippen LogP contribution >= 0.6 is 12.4 Å². The third-order valence-corrected chi connectivity index (χ3v) is 1.79. The molecule has 3 N–H and O–H groups in total. The van der Waals surface area contributed by atoms with Gasteiger partial charge in [-0.3, -0.25) is 4.79 Å². The molecule has 1 aromatic rings. The fourth-order valence-corrected chi connectivity index (χ4v) is 1.22. The van der Waals surface area contributed by atoms with Crippen LogP contribution < -0.4 is 11.1 Å². The second-order valence-corrected chi connectivity index (χ2v) is 2.53. The molecule has 12 heavy (non-hydrogen) atoms. The summed E-state index contributed by atoms with van der Waals surface area (Å²) in [5, 5.41) is 2.88. The first-order chi connectivity index (χ1) is 5.29. The van der Waals surface area contributed by atoms with Gasteiger partial charge in [-0.2, -0.15) is 0 Å². The first-order valence-corrected chi connectivity index (χ1v) is 3.44. The Labute approximate surface area is 76.4 Å². The van der Waals surface area contributed by atoms with Gasteiger partial charge in [-0.25, -0.2) is 0 Å². The van der Waals surface area contributed by atoms with Gasteiger partial charge in [0, 0.05) is 11.3 Å². The van der Waals surface area contributed by atoms with Crippen LogP contribution in [0.5, 0.6) is 0 Å². The first-order valence-electron chi connectivity index (χ1n) is 3.44.